The molecule has 1 rings (SSSR count). The number of carbonyl (C=O) groups excluding carboxylic acids is 1. The number of benzene rings is 1. The molecule has 0 atom stereocenters. The Balaban J connectivity index is 2.44. The minimum absolute atomic E-state index is 0.125. The fourth-order valence-electron chi connectivity index (χ4n) is 1.47. The molecule has 17 heavy (non-hydrogen) atoms. The lowest BCUT2D eigenvalue weighted by molar-refractivity contribution is 0.0952. The number of aromatic hydroxyl groups is 1. The van der Waals surface area contributed by atoms with Crippen LogP contribution in [0.25, 0.3) is 0 Å². The van der Waals surface area contributed by atoms with E-state index in [0.717, 1.165) is 16.4 Å². The Labute approximate surface area is 116 Å². The average molecular weight is 347 g/mol. The van der Waals surface area contributed by atoms with Gasteiger partial charge in [0.1, 0.15) is 5.75 Å². The first kappa shape index (κ1) is 14.3. The molecule has 0 aliphatic heterocycles. The van der Waals surface area contributed by atoms with E-state index in [1.165, 1.54) is 6.07 Å². The molecule has 0 radical (unpaired) electrons. The fraction of sp³-hybridized carbons (Fsp3) is 0.462. The molecule has 0 spiro atoms. The van der Waals surface area contributed by atoms with Gasteiger partial charge in [-0.1, -0.05) is 13.8 Å². The maximum Gasteiger partial charge on any atom is 0.251 e. The van der Waals surface area contributed by atoms with Gasteiger partial charge in [-0.15, -0.1) is 0 Å². The van der Waals surface area contributed by atoms with E-state index >= 15 is 0 Å². The van der Waals surface area contributed by atoms with Crippen molar-refractivity contribution < 1.29 is 9.90 Å². The first-order valence-electron chi connectivity index (χ1n) is 5.77. The van der Waals surface area contributed by atoms with E-state index in [1.807, 2.05) is 22.6 Å². The van der Waals surface area contributed by atoms with E-state index < -0.39 is 0 Å². The summed E-state index contributed by atoms with van der Waals surface area (Å²) in [5.41, 5.74) is 0.507. The molecule has 0 fully saturated rings. The molecule has 1 amide bonds. The summed E-state index contributed by atoms with van der Waals surface area (Å²) < 4.78 is 0.749. The number of halogens is 1. The van der Waals surface area contributed by atoms with Crippen molar-refractivity contribution in [3.63, 3.8) is 0 Å². The smallest absolute Gasteiger partial charge is 0.251 e. The molecule has 1 aromatic carbocycles. The van der Waals surface area contributed by atoms with Crippen molar-refractivity contribution in [3.05, 3.63) is 27.3 Å². The molecule has 0 heterocycles. The second-order valence-electron chi connectivity index (χ2n) is 4.46. The summed E-state index contributed by atoms with van der Waals surface area (Å²) in [5.74, 6) is 0.690. The minimum atomic E-state index is -0.125. The molecule has 2 N–H and O–H groups in total. The third-order valence-electron chi connectivity index (χ3n) is 2.45. The normalized spacial score (nSPS) is 10.6. The van der Waals surface area contributed by atoms with Crippen LogP contribution in [0.5, 0.6) is 5.75 Å². The van der Waals surface area contributed by atoms with Gasteiger partial charge in [-0.2, -0.15) is 0 Å². The van der Waals surface area contributed by atoms with Crippen LogP contribution in [-0.2, 0) is 0 Å². The summed E-state index contributed by atoms with van der Waals surface area (Å²) in [6.07, 6.45) is 2.10. The third-order valence-corrected chi connectivity index (χ3v) is 3.36. The van der Waals surface area contributed by atoms with E-state index in [9.17, 15) is 9.90 Å². The summed E-state index contributed by atoms with van der Waals surface area (Å²) in [5, 5.41) is 12.4. The maximum atomic E-state index is 11.7. The van der Waals surface area contributed by atoms with E-state index in [2.05, 4.69) is 19.2 Å². The lowest BCUT2D eigenvalue weighted by Gasteiger charge is -2.07. The summed E-state index contributed by atoms with van der Waals surface area (Å²) >= 11 is 2.02. The van der Waals surface area contributed by atoms with Crippen molar-refractivity contribution in [1.82, 2.24) is 5.32 Å². The van der Waals surface area contributed by atoms with Crippen LogP contribution in [0, 0.1) is 9.49 Å². The molecule has 1 aromatic rings. The van der Waals surface area contributed by atoms with Gasteiger partial charge in [-0.25, -0.2) is 0 Å². The number of phenolic OH excluding ortho intramolecular Hbond substituents is 1. The molecule has 94 valence electrons. The van der Waals surface area contributed by atoms with Crippen molar-refractivity contribution >= 4 is 28.5 Å². The molecule has 0 aromatic heterocycles. The number of phenols is 1. The van der Waals surface area contributed by atoms with Gasteiger partial charge < -0.3 is 10.4 Å². The average Bonchev–Trinajstić information content (AvgIpc) is 2.27. The van der Waals surface area contributed by atoms with E-state index in [1.54, 1.807) is 12.1 Å². The highest BCUT2D eigenvalue weighted by Gasteiger charge is 2.07. The summed E-state index contributed by atoms with van der Waals surface area (Å²) in [4.78, 5) is 11.7. The number of hydrogen-bond acceptors (Lipinski definition) is 2. The SMILES string of the molecule is CC(C)CCCNC(=O)c1ccc(I)c(O)c1. The van der Waals surface area contributed by atoms with Crippen molar-refractivity contribution in [2.75, 3.05) is 6.54 Å². The highest BCUT2D eigenvalue weighted by molar-refractivity contribution is 14.1. The summed E-state index contributed by atoms with van der Waals surface area (Å²) in [7, 11) is 0. The molecule has 4 heteroatoms. The number of hydrogen-bond donors (Lipinski definition) is 2. The Bertz CT molecular complexity index is 391. The van der Waals surface area contributed by atoms with Gasteiger partial charge in [0.15, 0.2) is 0 Å². The van der Waals surface area contributed by atoms with Crippen LogP contribution < -0.4 is 5.32 Å². The van der Waals surface area contributed by atoms with Gasteiger partial charge in [0.05, 0.1) is 3.57 Å². The van der Waals surface area contributed by atoms with Crippen LogP contribution in [0.15, 0.2) is 18.2 Å². The second kappa shape index (κ2) is 6.83. The molecular formula is C13H18INO2. The Morgan fingerprint density at radius 1 is 1.47 bits per heavy atom. The number of carbonyl (C=O) groups is 1. The van der Waals surface area contributed by atoms with E-state index in [-0.39, 0.29) is 11.7 Å². The molecule has 0 saturated heterocycles. The molecular weight excluding hydrogens is 329 g/mol. The monoisotopic (exact) mass is 347 g/mol. The zero-order valence-corrected chi connectivity index (χ0v) is 12.3. The predicted octanol–water partition coefficient (Wildman–Crippen LogP) is 3.16. The molecule has 0 unspecified atom stereocenters. The molecule has 3 nitrogen and oxygen atoms in total. The quantitative estimate of drug-likeness (QED) is 0.635. The van der Waals surface area contributed by atoms with Gasteiger partial charge in [0.25, 0.3) is 5.91 Å². The third kappa shape index (κ3) is 4.93. The minimum Gasteiger partial charge on any atom is -0.507 e. The van der Waals surface area contributed by atoms with Crippen molar-refractivity contribution in [3.8, 4) is 5.75 Å². The topological polar surface area (TPSA) is 49.3 Å². The van der Waals surface area contributed by atoms with Crippen LogP contribution in [0.4, 0.5) is 0 Å². The van der Waals surface area contributed by atoms with Gasteiger partial charge in [0, 0.05) is 12.1 Å². The van der Waals surface area contributed by atoms with Gasteiger partial charge >= 0.3 is 0 Å². The Hall–Kier alpha value is -0.780. The first-order valence-corrected chi connectivity index (χ1v) is 6.85. The largest absolute Gasteiger partial charge is 0.507 e. The number of rotatable bonds is 5. The Morgan fingerprint density at radius 3 is 2.76 bits per heavy atom. The van der Waals surface area contributed by atoms with E-state index in [4.69, 9.17) is 0 Å². The van der Waals surface area contributed by atoms with Gasteiger partial charge in [-0.3, -0.25) is 4.79 Å². The molecule has 0 aliphatic rings. The van der Waals surface area contributed by atoms with Crippen LogP contribution in [-0.4, -0.2) is 17.6 Å². The van der Waals surface area contributed by atoms with Crippen LogP contribution in [0.2, 0.25) is 0 Å². The predicted molar refractivity (Wildman–Crippen MR) is 77.2 cm³/mol. The lowest BCUT2D eigenvalue weighted by Crippen LogP contribution is -2.24. The van der Waals surface area contributed by atoms with Crippen molar-refractivity contribution in [2.45, 2.75) is 26.7 Å². The zero-order chi connectivity index (χ0) is 12.8. The van der Waals surface area contributed by atoms with Crippen LogP contribution >= 0.6 is 22.6 Å². The standard InChI is InChI=1S/C13H18INO2/c1-9(2)4-3-7-15-13(17)10-5-6-11(14)12(16)8-10/h5-6,8-9,16H,3-4,7H2,1-2H3,(H,15,17). The summed E-state index contributed by atoms with van der Waals surface area (Å²) in [6.45, 7) is 5.02. The van der Waals surface area contributed by atoms with Crippen LogP contribution in [0.3, 0.4) is 0 Å². The highest BCUT2D eigenvalue weighted by Crippen LogP contribution is 2.20. The lowest BCUT2D eigenvalue weighted by atomic mass is 10.1. The number of nitrogens with one attached hydrogen (secondary N) is 1. The highest BCUT2D eigenvalue weighted by atomic mass is 127. The maximum absolute atomic E-state index is 11.7. The zero-order valence-electron chi connectivity index (χ0n) is 10.2. The van der Waals surface area contributed by atoms with Crippen LogP contribution in [0.1, 0.15) is 37.0 Å². The van der Waals surface area contributed by atoms with Gasteiger partial charge in [0.2, 0.25) is 0 Å². The number of amides is 1. The first-order chi connectivity index (χ1) is 8.00. The summed E-state index contributed by atoms with van der Waals surface area (Å²) in [6, 6.07) is 4.96. The molecule has 0 bridgehead atoms. The van der Waals surface area contributed by atoms with E-state index in [0.29, 0.717) is 18.0 Å². The Morgan fingerprint density at radius 2 is 2.18 bits per heavy atom. The van der Waals surface area contributed by atoms with Crippen molar-refractivity contribution in [2.24, 2.45) is 5.92 Å². The Kier molecular flexibility index (Phi) is 5.74. The van der Waals surface area contributed by atoms with Gasteiger partial charge in [-0.05, 0) is 59.5 Å². The molecule has 0 saturated carbocycles. The molecule has 0 aliphatic carbocycles. The van der Waals surface area contributed by atoms with Crippen molar-refractivity contribution in [1.29, 1.82) is 0 Å². The fourth-order valence-corrected chi connectivity index (χ4v) is 1.80. The second-order valence-corrected chi connectivity index (χ2v) is 5.62.